The van der Waals surface area contributed by atoms with Gasteiger partial charge < -0.3 is 10.2 Å². The smallest absolute Gasteiger partial charge is 0.321 e. The van der Waals surface area contributed by atoms with Crippen LogP contribution in [-0.4, -0.2) is 34.2 Å². The van der Waals surface area contributed by atoms with E-state index in [0.717, 1.165) is 16.7 Å². The lowest BCUT2D eigenvalue weighted by atomic mass is 10.0. The molecule has 0 aliphatic carbocycles. The van der Waals surface area contributed by atoms with Crippen molar-refractivity contribution in [3.8, 4) is 11.1 Å². The molecule has 0 saturated heterocycles. The number of benzene rings is 2. The molecule has 0 aromatic heterocycles. The van der Waals surface area contributed by atoms with Crippen molar-refractivity contribution in [2.45, 2.75) is 25.4 Å². The zero-order valence-corrected chi connectivity index (χ0v) is 13.8. The molecular weight excluding hydrogens is 330 g/mol. The molecule has 3 N–H and O–H groups in total. The van der Waals surface area contributed by atoms with Crippen LogP contribution in [-0.2, 0) is 16.0 Å². The molecule has 2 rings (SSSR count). The zero-order valence-electron chi connectivity index (χ0n) is 13.1. The molecule has 6 heteroatoms. The van der Waals surface area contributed by atoms with Gasteiger partial charge in [-0.15, -0.1) is 0 Å². The first kappa shape index (κ1) is 18.0. The first-order chi connectivity index (χ1) is 11.4. The second-order valence-corrected chi connectivity index (χ2v) is 5.97. The Bertz CT molecular complexity index is 730. The van der Waals surface area contributed by atoms with Crippen LogP contribution >= 0.6 is 11.6 Å². The lowest BCUT2D eigenvalue weighted by Crippen LogP contribution is -2.46. The number of nitrogens with one attached hydrogen (secondary N) is 1. The van der Waals surface area contributed by atoms with Crippen molar-refractivity contribution in [2.24, 2.45) is 0 Å². The number of halogens is 1. The van der Waals surface area contributed by atoms with Crippen LogP contribution in [0.1, 0.15) is 12.5 Å². The van der Waals surface area contributed by atoms with Gasteiger partial charge in [-0.05, 0) is 42.2 Å². The Morgan fingerprint density at radius 2 is 1.71 bits per heavy atom. The molecule has 0 fully saturated rings. The van der Waals surface area contributed by atoms with Crippen LogP contribution in [0.4, 0.5) is 0 Å². The van der Waals surface area contributed by atoms with Crippen molar-refractivity contribution in [1.82, 2.24) is 5.32 Å². The Balaban J connectivity index is 2.11. The van der Waals surface area contributed by atoms with Crippen LogP contribution in [0.3, 0.4) is 0 Å². The second kappa shape index (κ2) is 7.95. The molecule has 0 saturated carbocycles. The highest BCUT2D eigenvalue weighted by molar-refractivity contribution is 6.30. The highest BCUT2D eigenvalue weighted by Crippen LogP contribution is 2.23. The highest BCUT2D eigenvalue weighted by atomic mass is 35.5. The Hall–Kier alpha value is -2.37. The standard InChI is InChI=1S/C18H18ClNO4/c1-11(17(21)22)20-16(18(23)24)9-12-5-7-13(8-6-12)14-3-2-4-15(19)10-14/h2-8,10-11,16,20H,9H2,1H3,(H,21,22)(H,23,24)/t11-,16?/m0/s1. The summed E-state index contributed by atoms with van der Waals surface area (Å²) in [6, 6.07) is 13.0. The van der Waals surface area contributed by atoms with Gasteiger partial charge in [0.15, 0.2) is 0 Å². The molecule has 5 nitrogen and oxygen atoms in total. The second-order valence-electron chi connectivity index (χ2n) is 5.53. The maximum atomic E-state index is 11.3. The number of carbonyl (C=O) groups is 2. The minimum Gasteiger partial charge on any atom is -0.480 e. The molecule has 0 heterocycles. The van der Waals surface area contributed by atoms with Crippen LogP contribution in [0.15, 0.2) is 48.5 Å². The quantitative estimate of drug-likeness (QED) is 0.716. The number of aliphatic carboxylic acids is 2. The lowest BCUT2D eigenvalue weighted by molar-refractivity contribution is -0.142. The van der Waals surface area contributed by atoms with E-state index in [0.29, 0.717) is 5.02 Å². The lowest BCUT2D eigenvalue weighted by Gasteiger charge is -2.17. The molecule has 2 aromatic carbocycles. The van der Waals surface area contributed by atoms with Crippen molar-refractivity contribution in [3.63, 3.8) is 0 Å². The van der Waals surface area contributed by atoms with Crippen molar-refractivity contribution in [2.75, 3.05) is 0 Å². The Morgan fingerprint density at radius 1 is 1.04 bits per heavy atom. The van der Waals surface area contributed by atoms with E-state index in [1.807, 2.05) is 42.5 Å². The van der Waals surface area contributed by atoms with Crippen LogP contribution in [0.25, 0.3) is 11.1 Å². The first-order valence-electron chi connectivity index (χ1n) is 7.43. The summed E-state index contributed by atoms with van der Waals surface area (Å²) in [6.07, 6.45) is 0.197. The van der Waals surface area contributed by atoms with Gasteiger partial charge in [0.1, 0.15) is 12.1 Å². The third-order valence-electron chi connectivity index (χ3n) is 3.67. The average Bonchev–Trinajstić information content (AvgIpc) is 2.54. The fourth-order valence-electron chi connectivity index (χ4n) is 2.33. The maximum absolute atomic E-state index is 11.3. The predicted octanol–water partition coefficient (Wildman–Crippen LogP) is 3.07. The third kappa shape index (κ3) is 4.81. The minimum atomic E-state index is -1.09. The van der Waals surface area contributed by atoms with E-state index >= 15 is 0 Å². The zero-order chi connectivity index (χ0) is 17.7. The maximum Gasteiger partial charge on any atom is 0.321 e. The normalized spacial score (nSPS) is 13.2. The summed E-state index contributed by atoms with van der Waals surface area (Å²) in [4.78, 5) is 22.2. The summed E-state index contributed by atoms with van der Waals surface area (Å²) in [5, 5.41) is 21.4. The van der Waals surface area contributed by atoms with Gasteiger partial charge in [-0.25, -0.2) is 0 Å². The molecule has 0 bridgehead atoms. The molecule has 1 unspecified atom stereocenters. The van der Waals surface area contributed by atoms with E-state index in [1.165, 1.54) is 6.92 Å². The van der Waals surface area contributed by atoms with Crippen molar-refractivity contribution < 1.29 is 19.8 Å². The Labute approximate surface area is 144 Å². The number of hydrogen-bond acceptors (Lipinski definition) is 3. The van der Waals surface area contributed by atoms with Gasteiger partial charge in [0, 0.05) is 5.02 Å². The molecule has 2 aromatic rings. The average molecular weight is 348 g/mol. The predicted molar refractivity (Wildman–Crippen MR) is 92.2 cm³/mol. The monoisotopic (exact) mass is 347 g/mol. The number of hydrogen-bond donors (Lipinski definition) is 3. The molecule has 126 valence electrons. The van der Waals surface area contributed by atoms with Gasteiger partial charge >= 0.3 is 11.9 Å². The summed E-state index contributed by atoms with van der Waals surface area (Å²) < 4.78 is 0. The van der Waals surface area contributed by atoms with E-state index in [-0.39, 0.29) is 6.42 Å². The number of rotatable bonds is 7. The Morgan fingerprint density at radius 3 is 2.25 bits per heavy atom. The minimum absolute atomic E-state index is 0.197. The molecule has 0 amide bonds. The van der Waals surface area contributed by atoms with E-state index in [9.17, 15) is 14.7 Å². The van der Waals surface area contributed by atoms with Crippen LogP contribution < -0.4 is 5.32 Å². The van der Waals surface area contributed by atoms with E-state index < -0.39 is 24.0 Å². The molecule has 0 radical (unpaired) electrons. The fourth-order valence-corrected chi connectivity index (χ4v) is 2.52. The topological polar surface area (TPSA) is 86.6 Å². The SMILES string of the molecule is C[C@H](NC(Cc1ccc(-c2cccc(Cl)c2)cc1)C(=O)O)C(=O)O. The molecular formula is C18H18ClNO4. The van der Waals surface area contributed by atoms with Crippen molar-refractivity contribution in [3.05, 3.63) is 59.1 Å². The van der Waals surface area contributed by atoms with E-state index in [2.05, 4.69) is 5.32 Å². The van der Waals surface area contributed by atoms with E-state index in [4.69, 9.17) is 16.7 Å². The molecule has 0 aliphatic rings. The van der Waals surface area contributed by atoms with Crippen LogP contribution in [0.2, 0.25) is 5.02 Å². The number of carboxylic acid groups (broad SMARTS) is 2. The van der Waals surface area contributed by atoms with Gasteiger partial charge in [-0.3, -0.25) is 14.9 Å². The van der Waals surface area contributed by atoms with Gasteiger partial charge in [-0.2, -0.15) is 0 Å². The fraction of sp³-hybridized carbons (Fsp3) is 0.222. The van der Waals surface area contributed by atoms with Gasteiger partial charge in [0.25, 0.3) is 0 Å². The van der Waals surface area contributed by atoms with Crippen molar-refractivity contribution >= 4 is 23.5 Å². The molecule has 24 heavy (non-hydrogen) atoms. The summed E-state index contributed by atoms with van der Waals surface area (Å²) in [5.74, 6) is -2.17. The van der Waals surface area contributed by atoms with Crippen LogP contribution in [0, 0.1) is 0 Å². The number of carboxylic acids is 2. The summed E-state index contributed by atoms with van der Waals surface area (Å²) in [7, 11) is 0. The molecule has 0 spiro atoms. The summed E-state index contributed by atoms with van der Waals surface area (Å²) >= 11 is 5.98. The van der Waals surface area contributed by atoms with Crippen LogP contribution in [0.5, 0.6) is 0 Å². The largest absolute Gasteiger partial charge is 0.480 e. The van der Waals surface area contributed by atoms with Gasteiger partial charge in [-0.1, -0.05) is 48.0 Å². The third-order valence-corrected chi connectivity index (χ3v) is 3.91. The molecule has 2 atom stereocenters. The van der Waals surface area contributed by atoms with E-state index in [1.54, 1.807) is 6.07 Å². The summed E-state index contributed by atoms with van der Waals surface area (Å²) in [6.45, 7) is 1.42. The van der Waals surface area contributed by atoms with Crippen molar-refractivity contribution in [1.29, 1.82) is 0 Å². The summed E-state index contributed by atoms with van der Waals surface area (Å²) in [5.41, 5.74) is 2.75. The first-order valence-corrected chi connectivity index (χ1v) is 7.81. The highest BCUT2D eigenvalue weighted by Gasteiger charge is 2.23. The van der Waals surface area contributed by atoms with Gasteiger partial charge in [0.2, 0.25) is 0 Å². The molecule has 0 aliphatic heterocycles. The van der Waals surface area contributed by atoms with Gasteiger partial charge in [0.05, 0.1) is 0 Å². The Kier molecular flexibility index (Phi) is 5.95.